The second-order valence-electron chi connectivity index (χ2n) is 9.51. The van der Waals surface area contributed by atoms with Crippen LogP contribution >= 0.6 is 0 Å². The molecule has 5 unspecified atom stereocenters. The summed E-state index contributed by atoms with van der Waals surface area (Å²) in [7, 11) is 0. The molecule has 1 heterocycles. The van der Waals surface area contributed by atoms with Crippen molar-refractivity contribution in [2.45, 2.75) is 78.2 Å². The quantitative estimate of drug-likeness (QED) is 0.239. The summed E-state index contributed by atoms with van der Waals surface area (Å²) in [5.41, 5.74) is 3.18. The molecule has 0 amide bonds. The van der Waals surface area contributed by atoms with Crippen LogP contribution in [-0.4, -0.2) is 68.9 Å². The Balaban J connectivity index is 2.01. The Morgan fingerprint density at radius 1 is 1.06 bits per heavy atom. The summed E-state index contributed by atoms with van der Waals surface area (Å²) in [6, 6.07) is 0. The van der Waals surface area contributed by atoms with E-state index < -0.39 is 42.6 Å². The highest BCUT2D eigenvalue weighted by Gasteiger charge is 2.48. The van der Waals surface area contributed by atoms with Crippen LogP contribution in [0.4, 0.5) is 0 Å². The highest BCUT2D eigenvalue weighted by Crippen LogP contribution is 2.39. The van der Waals surface area contributed by atoms with E-state index in [0.29, 0.717) is 12.0 Å². The fraction of sp³-hybridized carbons (Fsp3) is 0.500. The molecule has 4 N–H and O–H groups in total. The molecule has 0 radical (unpaired) electrons. The number of carbonyl (C=O) groups is 3. The first kappa shape index (κ1) is 28.4. The van der Waals surface area contributed by atoms with Crippen molar-refractivity contribution in [3.63, 3.8) is 0 Å². The monoisotopic (exact) mass is 490 g/mol. The molecular weight excluding hydrogens is 456 g/mol. The van der Waals surface area contributed by atoms with Crippen molar-refractivity contribution in [3.8, 4) is 0 Å². The number of ether oxygens (including phenoxy) is 2. The summed E-state index contributed by atoms with van der Waals surface area (Å²) in [5, 5.41) is 38.4. The normalized spacial score (nSPS) is 30.3. The van der Waals surface area contributed by atoms with Crippen molar-refractivity contribution < 1.29 is 44.3 Å². The second kappa shape index (κ2) is 11.7. The summed E-state index contributed by atoms with van der Waals surface area (Å²) >= 11 is 0. The maximum absolute atomic E-state index is 12.2. The average Bonchev–Trinajstić information content (AvgIpc) is 2.76. The third kappa shape index (κ3) is 7.32. The minimum absolute atomic E-state index is 0.0709. The number of hydrogen-bond donors (Lipinski definition) is 4. The van der Waals surface area contributed by atoms with Gasteiger partial charge in [0, 0.05) is 12.5 Å². The van der Waals surface area contributed by atoms with Crippen LogP contribution in [0.3, 0.4) is 0 Å². The number of aliphatic hydroxyl groups is 3. The van der Waals surface area contributed by atoms with Crippen molar-refractivity contribution >= 4 is 17.7 Å². The predicted molar refractivity (Wildman–Crippen MR) is 127 cm³/mol. The Labute approximate surface area is 204 Å². The highest BCUT2D eigenvalue weighted by atomic mass is 16.7. The molecule has 9 heteroatoms. The number of hydrogen-bond acceptors (Lipinski definition) is 8. The van der Waals surface area contributed by atoms with Gasteiger partial charge in [-0.25, -0.2) is 9.59 Å². The van der Waals surface area contributed by atoms with Gasteiger partial charge in [0.05, 0.1) is 0 Å². The first-order valence-electron chi connectivity index (χ1n) is 11.3. The van der Waals surface area contributed by atoms with Gasteiger partial charge in [0.2, 0.25) is 6.29 Å². The van der Waals surface area contributed by atoms with Gasteiger partial charge in [-0.2, -0.15) is 0 Å². The number of Topliss-reactive ketones (excluding diaryl/α,β-unsaturated/α-hetero) is 1. The number of aliphatic hydroxyl groups excluding tert-OH is 3. The molecule has 1 saturated heterocycles. The highest BCUT2D eigenvalue weighted by molar-refractivity contribution is 5.97. The van der Waals surface area contributed by atoms with Crippen molar-refractivity contribution in [1.82, 2.24) is 0 Å². The van der Waals surface area contributed by atoms with Crippen LogP contribution < -0.4 is 0 Å². The van der Waals surface area contributed by atoms with Crippen LogP contribution in [0.25, 0.3) is 0 Å². The summed E-state index contributed by atoms with van der Waals surface area (Å²) in [6.07, 6.45) is 2.45. The van der Waals surface area contributed by atoms with Crippen molar-refractivity contribution in [2.24, 2.45) is 5.41 Å². The molecule has 1 aliphatic carbocycles. The molecule has 192 valence electrons. The fourth-order valence-corrected chi connectivity index (χ4v) is 3.91. The maximum Gasteiger partial charge on any atom is 0.335 e. The zero-order valence-electron chi connectivity index (χ0n) is 20.6. The lowest BCUT2D eigenvalue weighted by Crippen LogP contribution is -2.60. The first-order chi connectivity index (χ1) is 16.2. The van der Waals surface area contributed by atoms with Gasteiger partial charge in [0.25, 0.3) is 0 Å². The Morgan fingerprint density at radius 3 is 2.34 bits per heavy atom. The number of ketones is 1. The van der Waals surface area contributed by atoms with Gasteiger partial charge in [-0.3, -0.25) is 4.79 Å². The first-order valence-corrected chi connectivity index (χ1v) is 11.3. The SMILES string of the molecule is CC1=C(/C=C/C(C)=C/C=C/C(C)=C/C(=O)OC2OC(C(=O)O)C(O)C(O)C2O)C(C)(C)CCC1=O. The van der Waals surface area contributed by atoms with Gasteiger partial charge >= 0.3 is 11.9 Å². The summed E-state index contributed by atoms with van der Waals surface area (Å²) in [4.78, 5) is 35.3. The van der Waals surface area contributed by atoms with Crippen molar-refractivity contribution in [1.29, 1.82) is 0 Å². The van der Waals surface area contributed by atoms with Gasteiger partial charge < -0.3 is 29.9 Å². The van der Waals surface area contributed by atoms with E-state index in [2.05, 4.69) is 13.8 Å². The lowest BCUT2D eigenvalue weighted by atomic mass is 9.72. The molecule has 1 fully saturated rings. The lowest BCUT2D eigenvalue weighted by molar-refractivity contribution is -0.284. The number of carbonyl (C=O) groups excluding carboxylic acids is 2. The molecule has 0 aromatic rings. The predicted octanol–water partition coefficient (Wildman–Crippen LogP) is 2.13. The van der Waals surface area contributed by atoms with E-state index in [1.54, 1.807) is 19.1 Å². The van der Waals surface area contributed by atoms with Crippen LogP contribution in [0.5, 0.6) is 0 Å². The van der Waals surface area contributed by atoms with E-state index in [1.807, 2.05) is 32.1 Å². The average molecular weight is 491 g/mol. The van der Waals surface area contributed by atoms with E-state index in [1.165, 1.54) is 0 Å². The van der Waals surface area contributed by atoms with Gasteiger partial charge in [-0.15, -0.1) is 0 Å². The van der Waals surface area contributed by atoms with E-state index in [-0.39, 0.29) is 11.2 Å². The minimum atomic E-state index is -1.87. The maximum atomic E-state index is 12.2. The van der Waals surface area contributed by atoms with E-state index in [0.717, 1.165) is 29.2 Å². The number of esters is 1. The van der Waals surface area contributed by atoms with Crippen molar-refractivity contribution in [2.75, 3.05) is 0 Å². The standard InChI is InChI=1S/C26H34O9/c1-14(9-10-17-16(3)18(27)11-12-26(17,4)5)7-6-8-15(2)13-19(28)34-25-22(31)20(29)21(30)23(35-25)24(32)33/h6-10,13,20-23,25,29-31H,11-12H2,1-5H3,(H,32,33)/b8-6+,10-9+,14-7+,15-13+. The van der Waals surface area contributed by atoms with Gasteiger partial charge in [-0.1, -0.05) is 49.8 Å². The Bertz CT molecular complexity index is 996. The Hall–Kier alpha value is -2.85. The van der Waals surface area contributed by atoms with Crippen LogP contribution in [0, 0.1) is 5.41 Å². The van der Waals surface area contributed by atoms with E-state index >= 15 is 0 Å². The third-order valence-electron chi connectivity index (χ3n) is 6.15. The number of rotatable bonds is 7. The molecule has 0 spiro atoms. The second-order valence-corrected chi connectivity index (χ2v) is 9.51. The molecule has 0 aromatic carbocycles. The summed E-state index contributed by atoms with van der Waals surface area (Å²) < 4.78 is 9.85. The Morgan fingerprint density at radius 2 is 1.71 bits per heavy atom. The summed E-state index contributed by atoms with van der Waals surface area (Å²) in [6.45, 7) is 9.64. The van der Waals surface area contributed by atoms with E-state index in [4.69, 9.17) is 14.6 Å². The van der Waals surface area contributed by atoms with E-state index in [9.17, 15) is 29.7 Å². The van der Waals surface area contributed by atoms with Gasteiger partial charge in [0.1, 0.15) is 18.3 Å². The zero-order chi connectivity index (χ0) is 26.5. The number of carboxylic acid groups (broad SMARTS) is 1. The molecule has 0 aromatic heterocycles. The van der Waals surface area contributed by atoms with Crippen molar-refractivity contribution in [3.05, 3.63) is 58.7 Å². The zero-order valence-corrected chi connectivity index (χ0v) is 20.6. The lowest BCUT2D eigenvalue weighted by Gasteiger charge is -2.37. The van der Waals surface area contributed by atoms with Crippen LogP contribution in [0.2, 0.25) is 0 Å². The molecule has 1 aliphatic heterocycles. The van der Waals surface area contributed by atoms with Crippen LogP contribution in [0.1, 0.15) is 47.5 Å². The van der Waals surface area contributed by atoms with Crippen LogP contribution in [-0.2, 0) is 23.9 Å². The number of aliphatic carboxylic acids is 1. The topological polar surface area (TPSA) is 151 Å². The molecular formula is C26H34O9. The minimum Gasteiger partial charge on any atom is -0.479 e. The molecule has 0 saturated carbocycles. The molecule has 5 atom stereocenters. The van der Waals surface area contributed by atoms with Gasteiger partial charge in [0.15, 0.2) is 11.9 Å². The number of carboxylic acids is 1. The fourth-order valence-electron chi connectivity index (χ4n) is 3.91. The number of allylic oxidation sites excluding steroid dienone is 9. The Kier molecular flexibility index (Phi) is 9.51. The third-order valence-corrected chi connectivity index (χ3v) is 6.15. The molecule has 9 nitrogen and oxygen atoms in total. The van der Waals surface area contributed by atoms with Gasteiger partial charge in [-0.05, 0) is 49.3 Å². The summed E-state index contributed by atoms with van der Waals surface area (Å²) in [5.74, 6) is -2.31. The molecule has 2 rings (SSSR count). The largest absolute Gasteiger partial charge is 0.479 e. The molecule has 35 heavy (non-hydrogen) atoms. The molecule has 0 bridgehead atoms. The molecule has 2 aliphatic rings. The smallest absolute Gasteiger partial charge is 0.335 e. The van der Waals surface area contributed by atoms with Crippen LogP contribution in [0.15, 0.2) is 58.7 Å².